The van der Waals surface area contributed by atoms with Gasteiger partial charge in [-0.3, -0.25) is 4.79 Å². The van der Waals surface area contributed by atoms with Crippen LogP contribution in [0.2, 0.25) is 0 Å². The average molecular weight is 288 g/mol. The zero-order valence-electron chi connectivity index (χ0n) is 11.0. The Morgan fingerprint density at radius 1 is 1.25 bits per heavy atom. The second kappa shape index (κ2) is 6.86. The highest BCUT2D eigenvalue weighted by Crippen LogP contribution is 2.11. The summed E-state index contributed by atoms with van der Waals surface area (Å²) in [5.41, 5.74) is 7.28. The SMILES string of the molecule is NC(=S)Cc1ccc(NC(=O)CCc2ccco2)cc1. The number of aryl methyl sites for hydroxylation is 1. The van der Waals surface area contributed by atoms with Crippen LogP contribution in [0.5, 0.6) is 0 Å². The first-order chi connectivity index (χ1) is 9.63. The fourth-order valence-electron chi connectivity index (χ4n) is 1.82. The Hall–Kier alpha value is -2.14. The molecule has 0 fully saturated rings. The van der Waals surface area contributed by atoms with E-state index in [4.69, 9.17) is 22.4 Å². The second-order valence-electron chi connectivity index (χ2n) is 4.47. The molecule has 0 aliphatic carbocycles. The molecule has 0 saturated carbocycles. The minimum absolute atomic E-state index is 0.0384. The van der Waals surface area contributed by atoms with E-state index in [0.29, 0.717) is 24.3 Å². The van der Waals surface area contributed by atoms with Crippen LogP contribution in [-0.4, -0.2) is 10.9 Å². The third kappa shape index (κ3) is 4.51. The van der Waals surface area contributed by atoms with Crippen LogP contribution in [-0.2, 0) is 17.6 Å². The summed E-state index contributed by atoms with van der Waals surface area (Å²) in [4.78, 5) is 12.2. The van der Waals surface area contributed by atoms with Crippen LogP contribution in [0.3, 0.4) is 0 Å². The monoisotopic (exact) mass is 288 g/mol. The Morgan fingerprint density at radius 3 is 2.60 bits per heavy atom. The van der Waals surface area contributed by atoms with Gasteiger partial charge >= 0.3 is 0 Å². The summed E-state index contributed by atoms with van der Waals surface area (Å²) in [7, 11) is 0. The molecule has 1 aromatic carbocycles. The third-order valence-electron chi connectivity index (χ3n) is 2.79. The molecule has 0 aliphatic rings. The van der Waals surface area contributed by atoms with Crippen LogP contribution < -0.4 is 11.1 Å². The second-order valence-corrected chi connectivity index (χ2v) is 4.99. The van der Waals surface area contributed by atoms with Gasteiger partial charge in [0.1, 0.15) is 5.76 Å². The van der Waals surface area contributed by atoms with Crippen LogP contribution in [0.1, 0.15) is 17.7 Å². The Kier molecular flexibility index (Phi) is 4.90. The molecule has 2 rings (SSSR count). The van der Waals surface area contributed by atoms with Gasteiger partial charge in [0.15, 0.2) is 0 Å². The van der Waals surface area contributed by atoms with Crippen molar-refractivity contribution in [2.24, 2.45) is 5.73 Å². The lowest BCUT2D eigenvalue weighted by atomic mass is 10.1. The quantitative estimate of drug-likeness (QED) is 0.802. The summed E-state index contributed by atoms with van der Waals surface area (Å²) in [6.45, 7) is 0. The largest absolute Gasteiger partial charge is 0.469 e. The van der Waals surface area contributed by atoms with Crippen molar-refractivity contribution >= 4 is 28.8 Å². The molecule has 0 spiro atoms. The molecule has 1 amide bonds. The van der Waals surface area contributed by atoms with E-state index in [1.807, 2.05) is 36.4 Å². The number of carbonyl (C=O) groups is 1. The lowest BCUT2D eigenvalue weighted by Crippen LogP contribution is -2.13. The maximum absolute atomic E-state index is 11.8. The molecule has 0 unspecified atom stereocenters. The van der Waals surface area contributed by atoms with E-state index in [-0.39, 0.29) is 5.91 Å². The molecule has 1 aromatic heterocycles. The van der Waals surface area contributed by atoms with E-state index in [2.05, 4.69) is 5.32 Å². The number of amides is 1. The summed E-state index contributed by atoms with van der Waals surface area (Å²) in [5.74, 6) is 0.774. The Bertz CT molecular complexity index is 576. The van der Waals surface area contributed by atoms with E-state index in [0.717, 1.165) is 17.0 Å². The molecule has 0 saturated heterocycles. The number of benzene rings is 1. The van der Waals surface area contributed by atoms with Crippen LogP contribution in [0, 0.1) is 0 Å². The number of hydrogen-bond acceptors (Lipinski definition) is 3. The van der Waals surface area contributed by atoms with Gasteiger partial charge < -0.3 is 15.5 Å². The summed E-state index contributed by atoms with van der Waals surface area (Å²) in [5, 5.41) is 2.84. The first-order valence-electron chi connectivity index (χ1n) is 6.33. The maximum Gasteiger partial charge on any atom is 0.224 e. The van der Waals surface area contributed by atoms with Crippen LogP contribution in [0.4, 0.5) is 5.69 Å². The topological polar surface area (TPSA) is 68.3 Å². The molecule has 20 heavy (non-hydrogen) atoms. The van der Waals surface area contributed by atoms with Crippen molar-refractivity contribution in [3.63, 3.8) is 0 Å². The molecule has 0 aliphatic heterocycles. The minimum atomic E-state index is -0.0384. The number of rotatable bonds is 6. The zero-order valence-corrected chi connectivity index (χ0v) is 11.8. The Balaban J connectivity index is 1.83. The van der Waals surface area contributed by atoms with Crippen molar-refractivity contribution in [2.45, 2.75) is 19.3 Å². The van der Waals surface area contributed by atoms with Gasteiger partial charge in [0.2, 0.25) is 5.91 Å². The van der Waals surface area contributed by atoms with Crippen molar-refractivity contribution in [3.05, 3.63) is 54.0 Å². The van der Waals surface area contributed by atoms with Crippen LogP contribution in [0.25, 0.3) is 0 Å². The fourth-order valence-corrected chi connectivity index (χ4v) is 1.99. The first-order valence-corrected chi connectivity index (χ1v) is 6.74. The smallest absolute Gasteiger partial charge is 0.224 e. The lowest BCUT2D eigenvalue weighted by Gasteiger charge is -2.06. The van der Waals surface area contributed by atoms with E-state index in [1.165, 1.54) is 0 Å². The predicted molar refractivity (Wildman–Crippen MR) is 82.6 cm³/mol. The predicted octanol–water partition coefficient (Wildman–Crippen LogP) is 2.68. The van der Waals surface area contributed by atoms with Crippen molar-refractivity contribution in [3.8, 4) is 0 Å². The first kappa shape index (κ1) is 14.3. The highest BCUT2D eigenvalue weighted by molar-refractivity contribution is 7.80. The number of nitrogens with one attached hydrogen (secondary N) is 1. The molecule has 0 atom stereocenters. The van der Waals surface area contributed by atoms with Crippen molar-refractivity contribution in [2.75, 3.05) is 5.32 Å². The summed E-state index contributed by atoms with van der Waals surface area (Å²) in [6.07, 6.45) is 3.16. The van der Waals surface area contributed by atoms with Crippen molar-refractivity contribution in [1.82, 2.24) is 0 Å². The highest BCUT2D eigenvalue weighted by atomic mass is 32.1. The maximum atomic E-state index is 11.8. The number of thiocarbonyl (C=S) groups is 1. The Labute approximate surface area is 123 Å². The number of carbonyl (C=O) groups excluding carboxylic acids is 1. The van der Waals surface area contributed by atoms with Crippen LogP contribution >= 0.6 is 12.2 Å². The normalized spacial score (nSPS) is 10.2. The summed E-state index contributed by atoms with van der Waals surface area (Å²) < 4.78 is 5.18. The zero-order chi connectivity index (χ0) is 14.4. The molecule has 4 nitrogen and oxygen atoms in total. The van der Waals surface area contributed by atoms with E-state index < -0.39 is 0 Å². The van der Waals surface area contributed by atoms with Gasteiger partial charge in [-0.15, -0.1) is 0 Å². The van der Waals surface area contributed by atoms with E-state index in [9.17, 15) is 4.79 Å². The van der Waals surface area contributed by atoms with Crippen molar-refractivity contribution < 1.29 is 9.21 Å². The fraction of sp³-hybridized carbons (Fsp3) is 0.200. The minimum Gasteiger partial charge on any atom is -0.469 e. The van der Waals surface area contributed by atoms with Crippen molar-refractivity contribution in [1.29, 1.82) is 0 Å². The highest BCUT2D eigenvalue weighted by Gasteiger charge is 2.05. The molecule has 0 bridgehead atoms. The van der Waals surface area contributed by atoms with Gasteiger partial charge in [-0.05, 0) is 29.8 Å². The molecule has 104 valence electrons. The standard InChI is InChI=1S/C15H16N2O2S/c16-14(20)10-11-3-5-12(6-4-11)17-15(18)8-7-13-2-1-9-19-13/h1-6,9H,7-8,10H2,(H2,16,20)(H,17,18). The van der Waals surface area contributed by atoms with Gasteiger partial charge in [0.05, 0.1) is 11.3 Å². The number of furan rings is 1. The average Bonchev–Trinajstić information content (AvgIpc) is 2.91. The van der Waals surface area contributed by atoms with E-state index in [1.54, 1.807) is 6.26 Å². The summed E-state index contributed by atoms with van der Waals surface area (Å²) >= 11 is 4.85. The van der Waals surface area contributed by atoms with Gasteiger partial charge in [-0.2, -0.15) is 0 Å². The van der Waals surface area contributed by atoms with Gasteiger partial charge in [0, 0.05) is 24.9 Å². The molecule has 3 N–H and O–H groups in total. The molecule has 2 aromatic rings. The molecular weight excluding hydrogens is 272 g/mol. The summed E-state index contributed by atoms with van der Waals surface area (Å²) in [6, 6.07) is 11.2. The number of hydrogen-bond donors (Lipinski definition) is 2. The molecule has 1 heterocycles. The lowest BCUT2D eigenvalue weighted by molar-refractivity contribution is -0.116. The molecule has 0 radical (unpaired) electrons. The Morgan fingerprint density at radius 2 is 2.00 bits per heavy atom. The number of nitrogens with two attached hydrogens (primary N) is 1. The molecule has 5 heteroatoms. The van der Waals surface area contributed by atoms with Crippen LogP contribution in [0.15, 0.2) is 47.1 Å². The number of anilines is 1. The van der Waals surface area contributed by atoms with E-state index >= 15 is 0 Å². The molecular formula is C15H16N2O2S. The van der Waals surface area contributed by atoms with Gasteiger partial charge in [0.25, 0.3) is 0 Å². The van der Waals surface area contributed by atoms with Gasteiger partial charge in [-0.1, -0.05) is 24.4 Å². The third-order valence-corrected chi connectivity index (χ3v) is 2.94. The van der Waals surface area contributed by atoms with Gasteiger partial charge in [-0.25, -0.2) is 0 Å².